The van der Waals surface area contributed by atoms with Gasteiger partial charge in [-0.3, -0.25) is 10.1 Å². The highest BCUT2D eigenvalue weighted by Gasteiger charge is 2.35. The molecule has 0 unspecified atom stereocenters. The number of nitrogens with zero attached hydrogens (tertiary/aromatic N) is 1. The maximum absolute atomic E-state index is 12.8. The van der Waals surface area contributed by atoms with Crippen molar-refractivity contribution in [3.8, 4) is 10.4 Å². The largest absolute Gasteiger partial charge is 0.431 e. The fourth-order valence-corrected chi connectivity index (χ4v) is 6.77. The van der Waals surface area contributed by atoms with Crippen molar-refractivity contribution in [1.82, 2.24) is 10.2 Å². The number of ether oxygens (including phenoxy) is 1. The first kappa shape index (κ1) is 24.0. The number of rotatable bonds is 6. The number of anilines is 2. The predicted octanol–water partition coefficient (Wildman–Crippen LogP) is 4.99. The van der Waals surface area contributed by atoms with E-state index in [2.05, 4.69) is 23.7 Å². The second kappa shape index (κ2) is 10.0. The molecule has 1 fully saturated rings. The van der Waals surface area contributed by atoms with Crippen molar-refractivity contribution in [3.63, 3.8) is 0 Å². The molecular weight excluding hydrogens is 464 g/mol. The predicted molar refractivity (Wildman–Crippen MR) is 141 cm³/mol. The van der Waals surface area contributed by atoms with Crippen LogP contribution in [0.25, 0.3) is 10.4 Å². The van der Waals surface area contributed by atoms with E-state index in [1.165, 1.54) is 0 Å². The van der Waals surface area contributed by atoms with E-state index < -0.39 is 8.07 Å². The summed E-state index contributed by atoms with van der Waals surface area (Å²) in [5.41, 5.74) is 9.59. The van der Waals surface area contributed by atoms with Crippen LogP contribution in [-0.4, -0.2) is 44.4 Å². The summed E-state index contributed by atoms with van der Waals surface area (Å²) in [6.45, 7) is 4.96. The third-order valence-electron chi connectivity index (χ3n) is 5.84. The Morgan fingerprint density at radius 3 is 2.62 bits per heavy atom. The molecule has 0 bridgehead atoms. The van der Waals surface area contributed by atoms with E-state index >= 15 is 0 Å². The SMILES string of the molecule is CN(Cc1ccc(C(=O)Nc2cc(-c3cccs3)ccc2N)cc1)C(=O)O[C@@H]1C[Si](C)(C)CN1. The molecule has 1 aliphatic heterocycles. The lowest BCUT2D eigenvalue weighted by atomic mass is 10.1. The number of nitrogens with one attached hydrogen (secondary N) is 2. The number of thiophene rings is 1. The lowest BCUT2D eigenvalue weighted by Crippen LogP contribution is -2.34. The molecule has 0 spiro atoms. The van der Waals surface area contributed by atoms with Gasteiger partial charge in [-0.2, -0.15) is 0 Å². The number of benzene rings is 2. The Labute approximate surface area is 204 Å². The topological polar surface area (TPSA) is 96.7 Å². The smallest absolute Gasteiger partial charge is 0.411 e. The van der Waals surface area contributed by atoms with Crippen molar-refractivity contribution in [3.05, 3.63) is 71.1 Å². The molecule has 4 N–H and O–H groups in total. The van der Waals surface area contributed by atoms with Crippen LogP contribution < -0.4 is 16.4 Å². The van der Waals surface area contributed by atoms with Crippen LogP contribution in [0.2, 0.25) is 19.1 Å². The molecule has 1 saturated heterocycles. The number of amides is 2. The molecule has 2 amide bonds. The molecule has 1 aromatic heterocycles. The van der Waals surface area contributed by atoms with Crippen LogP contribution in [0.5, 0.6) is 0 Å². The van der Waals surface area contributed by atoms with Gasteiger partial charge in [0.1, 0.15) is 0 Å². The summed E-state index contributed by atoms with van der Waals surface area (Å²) in [4.78, 5) is 27.9. The second-order valence-corrected chi connectivity index (χ2v) is 15.4. The van der Waals surface area contributed by atoms with Crippen LogP contribution in [0, 0.1) is 0 Å². The summed E-state index contributed by atoms with van der Waals surface area (Å²) in [6.07, 6.45) is 0.405. The molecule has 178 valence electrons. The Hall–Kier alpha value is -3.14. The highest BCUT2D eigenvalue weighted by molar-refractivity contribution is 7.13. The summed E-state index contributed by atoms with van der Waals surface area (Å²) >= 11 is 1.63. The standard InChI is InChI=1S/C25H30N4O3SSi/c1-29(25(31)32-23-15-34(2,3)16-27-23)14-17-6-8-18(9-7-17)24(30)28-21-13-19(10-11-20(21)26)22-5-4-12-33-22/h4-13,23,27H,14-16,26H2,1-3H3,(H,28,30)/t23-/m1/s1. The molecule has 9 heteroatoms. The van der Waals surface area contributed by atoms with E-state index in [4.69, 9.17) is 10.5 Å². The number of nitrogen functional groups attached to an aromatic ring is 1. The minimum atomic E-state index is -1.30. The van der Waals surface area contributed by atoms with Gasteiger partial charge in [0.15, 0.2) is 6.23 Å². The molecule has 2 aromatic carbocycles. The number of carbonyl (C=O) groups is 2. The van der Waals surface area contributed by atoms with Gasteiger partial charge in [0.2, 0.25) is 0 Å². The van der Waals surface area contributed by atoms with Crippen LogP contribution >= 0.6 is 11.3 Å². The number of carbonyl (C=O) groups excluding carboxylic acids is 2. The van der Waals surface area contributed by atoms with Gasteiger partial charge in [0, 0.05) is 24.0 Å². The highest BCUT2D eigenvalue weighted by Crippen LogP contribution is 2.30. The average molecular weight is 495 g/mol. The summed E-state index contributed by atoms with van der Waals surface area (Å²) < 4.78 is 5.59. The molecule has 2 heterocycles. The van der Waals surface area contributed by atoms with Gasteiger partial charge < -0.3 is 20.7 Å². The van der Waals surface area contributed by atoms with E-state index in [0.717, 1.165) is 28.2 Å². The second-order valence-electron chi connectivity index (χ2n) is 9.41. The zero-order valence-electron chi connectivity index (χ0n) is 19.6. The molecule has 7 nitrogen and oxygen atoms in total. The maximum atomic E-state index is 12.8. The maximum Gasteiger partial charge on any atom is 0.411 e. The van der Waals surface area contributed by atoms with Crippen LogP contribution in [0.3, 0.4) is 0 Å². The van der Waals surface area contributed by atoms with Crippen LogP contribution in [0.4, 0.5) is 16.2 Å². The first-order valence-electron chi connectivity index (χ1n) is 11.2. The summed E-state index contributed by atoms with van der Waals surface area (Å²) in [6, 6.07) is 17.7. The van der Waals surface area contributed by atoms with Crippen LogP contribution in [0.15, 0.2) is 60.0 Å². The molecule has 0 radical (unpaired) electrons. The molecule has 0 saturated carbocycles. The van der Waals surface area contributed by atoms with Gasteiger partial charge in [-0.15, -0.1) is 11.3 Å². The van der Waals surface area contributed by atoms with Crippen molar-refractivity contribution >= 4 is 42.8 Å². The van der Waals surface area contributed by atoms with E-state index in [1.807, 2.05) is 41.8 Å². The highest BCUT2D eigenvalue weighted by atomic mass is 32.1. The summed E-state index contributed by atoms with van der Waals surface area (Å²) in [5.74, 6) is -0.242. The lowest BCUT2D eigenvalue weighted by Gasteiger charge is -2.21. The zero-order valence-corrected chi connectivity index (χ0v) is 21.4. The van der Waals surface area contributed by atoms with Gasteiger partial charge >= 0.3 is 6.09 Å². The molecular formula is C25H30N4O3SSi. The van der Waals surface area contributed by atoms with Gasteiger partial charge in [0.05, 0.1) is 19.4 Å². The zero-order chi connectivity index (χ0) is 24.3. The van der Waals surface area contributed by atoms with E-state index in [9.17, 15) is 9.59 Å². The third-order valence-corrected chi connectivity index (χ3v) is 9.40. The lowest BCUT2D eigenvalue weighted by molar-refractivity contribution is 0.0666. The van der Waals surface area contributed by atoms with Crippen molar-refractivity contribution in [2.75, 3.05) is 24.3 Å². The van der Waals surface area contributed by atoms with E-state index in [-0.39, 0.29) is 18.2 Å². The van der Waals surface area contributed by atoms with Gasteiger partial charge in [-0.05, 0) is 59.1 Å². The Kier molecular flexibility index (Phi) is 7.06. The van der Waals surface area contributed by atoms with E-state index in [0.29, 0.717) is 23.5 Å². The molecule has 34 heavy (non-hydrogen) atoms. The summed E-state index contributed by atoms with van der Waals surface area (Å²) in [7, 11) is 0.415. The molecule has 1 aliphatic rings. The molecule has 0 aliphatic carbocycles. The summed E-state index contributed by atoms with van der Waals surface area (Å²) in [5, 5.41) is 8.21. The molecule has 1 atom stereocenters. The fourth-order valence-electron chi connectivity index (χ4n) is 3.89. The third kappa shape index (κ3) is 5.85. The van der Waals surface area contributed by atoms with Crippen LogP contribution in [-0.2, 0) is 11.3 Å². The van der Waals surface area contributed by atoms with Crippen molar-refractivity contribution in [2.24, 2.45) is 0 Å². The Bertz CT molecular complexity index is 1170. The van der Waals surface area contributed by atoms with E-state index in [1.54, 1.807) is 41.5 Å². The van der Waals surface area contributed by atoms with Crippen molar-refractivity contribution < 1.29 is 14.3 Å². The van der Waals surface area contributed by atoms with Crippen LogP contribution in [0.1, 0.15) is 15.9 Å². The first-order chi connectivity index (χ1) is 16.2. The monoisotopic (exact) mass is 494 g/mol. The number of hydrogen-bond acceptors (Lipinski definition) is 6. The first-order valence-corrected chi connectivity index (χ1v) is 15.5. The van der Waals surface area contributed by atoms with Gasteiger partial charge in [-0.25, -0.2) is 4.79 Å². The average Bonchev–Trinajstić information content (AvgIpc) is 3.45. The Morgan fingerprint density at radius 2 is 1.97 bits per heavy atom. The number of nitrogens with two attached hydrogens (primary N) is 1. The normalized spacial score (nSPS) is 16.7. The Balaban J connectivity index is 1.35. The fraction of sp³-hybridized carbons (Fsp3) is 0.280. The molecule has 3 aromatic rings. The minimum absolute atomic E-state index is 0.201. The molecule has 4 rings (SSSR count). The Morgan fingerprint density at radius 1 is 1.21 bits per heavy atom. The van der Waals surface area contributed by atoms with Crippen molar-refractivity contribution in [1.29, 1.82) is 0 Å². The quantitative estimate of drug-likeness (QED) is 0.331. The van der Waals surface area contributed by atoms with Gasteiger partial charge in [0.25, 0.3) is 5.91 Å². The van der Waals surface area contributed by atoms with Crippen molar-refractivity contribution in [2.45, 2.75) is 31.9 Å². The van der Waals surface area contributed by atoms with Gasteiger partial charge in [-0.1, -0.05) is 37.4 Å². The minimum Gasteiger partial charge on any atom is -0.431 e. The number of hydrogen-bond donors (Lipinski definition) is 3.